The first kappa shape index (κ1) is 22.7. The number of para-hydroxylation sites is 1. The standard InChI is InChI=1S/C21H26N4O3.HI/c1-22-21(23-9-8-15-13-24-17-7-5-4-6-16(15)17)25-12-14-10-18(27-2)20(26)19(11-14)28-3;/h4-7,10-11,13,24,26H,8-9,12H2,1-3H3,(H2,22,23,25);1H. The van der Waals surface area contributed by atoms with Crippen molar-refractivity contribution in [3.05, 3.63) is 53.7 Å². The van der Waals surface area contributed by atoms with Crippen molar-refractivity contribution in [3.63, 3.8) is 0 Å². The molecule has 1 aromatic heterocycles. The lowest BCUT2D eigenvalue weighted by molar-refractivity contribution is 0.339. The Morgan fingerprint density at radius 2 is 1.79 bits per heavy atom. The number of hydrogen-bond donors (Lipinski definition) is 4. The molecule has 0 atom stereocenters. The highest BCUT2D eigenvalue weighted by molar-refractivity contribution is 14.0. The van der Waals surface area contributed by atoms with Crippen molar-refractivity contribution in [2.24, 2.45) is 4.99 Å². The molecule has 0 bridgehead atoms. The van der Waals surface area contributed by atoms with Crippen LogP contribution in [0.25, 0.3) is 10.9 Å². The molecule has 0 aliphatic carbocycles. The number of guanidine groups is 1. The van der Waals surface area contributed by atoms with Gasteiger partial charge in [-0.25, -0.2) is 0 Å². The smallest absolute Gasteiger partial charge is 0.200 e. The van der Waals surface area contributed by atoms with Gasteiger partial charge >= 0.3 is 0 Å². The summed E-state index contributed by atoms with van der Waals surface area (Å²) in [5.74, 6) is 1.44. The fourth-order valence-electron chi connectivity index (χ4n) is 3.11. The first-order valence-corrected chi connectivity index (χ1v) is 9.09. The number of aromatic nitrogens is 1. The Bertz CT molecular complexity index is 946. The summed E-state index contributed by atoms with van der Waals surface area (Å²) in [6, 6.07) is 11.8. The van der Waals surface area contributed by atoms with Crippen molar-refractivity contribution in [2.75, 3.05) is 27.8 Å². The number of hydrogen-bond acceptors (Lipinski definition) is 4. The minimum Gasteiger partial charge on any atom is -0.502 e. The van der Waals surface area contributed by atoms with Gasteiger partial charge in [-0.05, 0) is 35.7 Å². The van der Waals surface area contributed by atoms with Crippen LogP contribution in [0.5, 0.6) is 17.2 Å². The van der Waals surface area contributed by atoms with Gasteiger partial charge in [0.1, 0.15) is 0 Å². The number of ether oxygens (including phenoxy) is 2. The predicted molar refractivity (Wildman–Crippen MR) is 127 cm³/mol. The number of phenolic OH excluding ortho intramolecular Hbond substituents is 1. The summed E-state index contributed by atoms with van der Waals surface area (Å²) in [6.07, 6.45) is 2.93. The maximum Gasteiger partial charge on any atom is 0.200 e. The average molecular weight is 510 g/mol. The Morgan fingerprint density at radius 1 is 1.10 bits per heavy atom. The first-order valence-electron chi connectivity index (χ1n) is 9.09. The molecule has 1 heterocycles. The van der Waals surface area contributed by atoms with Gasteiger partial charge < -0.3 is 30.2 Å². The van der Waals surface area contributed by atoms with Crippen LogP contribution in [-0.2, 0) is 13.0 Å². The molecule has 0 spiro atoms. The number of nitrogens with one attached hydrogen (secondary N) is 3. The zero-order valence-corrected chi connectivity index (χ0v) is 19.1. The van der Waals surface area contributed by atoms with E-state index >= 15 is 0 Å². The number of benzene rings is 2. The number of phenols is 1. The lowest BCUT2D eigenvalue weighted by Gasteiger charge is -2.14. The molecule has 3 rings (SSSR count). The minimum atomic E-state index is -0.00464. The number of aliphatic imine (C=N–C) groups is 1. The van der Waals surface area contributed by atoms with E-state index in [0.29, 0.717) is 24.0 Å². The van der Waals surface area contributed by atoms with Crippen LogP contribution in [0.3, 0.4) is 0 Å². The molecule has 0 fully saturated rings. The van der Waals surface area contributed by atoms with Crippen molar-refractivity contribution < 1.29 is 14.6 Å². The molecule has 2 aromatic carbocycles. The van der Waals surface area contributed by atoms with Gasteiger partial charge in [0.2, 0.25) is 5.75 Å². The highest BCUT2D eigenvalue weighted by atomic mass is 127. The van der Waals surface area contributed by atoms with Crippen LogP contribution < -0.4 is 20.1 Å². The Morgan fingerprint density at radius 3 is 2.45 bits per heavy atom. The van der Waals surface area contributed by atoms with Crippen LogP contribution in [0, 0.1) is 0 Å². The zero-order valence-electron chi connectivity index (χ0n) is 16.8. The van der Waals surface area contributed by atoms with Crippen molar-refractivity contribution in [3.8, 4) is 17.2 Å². The highest BCUT2D eigenvalue weighted by Crippen LogP contribution is 2.36. The molecule has 4 N–H and O–H groups in total. The molecule has 29 heavy (non-hydrogen) atoms. The quantitative estimate of drug-likeness (QED) is 0.222. The van der Waals surface area contributed by atoms with Crippen LogP contribution in [0.1, 0.15) is 11.1 Å². The molecule has 0 amide bonds. The molecule has 3 aromatic rings. The third kappa shape index (κ3) is 5.47. The summed E-state index contributed by atoms with van der Waals surface area (Å²) in [6.45, 7) is 1.27. The van der Waals surface area contributed by atoms with Gasteiger partial charge in [0.15, 0.2) is 17.5 Å². The summed E-state index contributed by atoms with van der Waals surface area (Å²) in [5, 5.41) is 17.8. The lowest BCUT2D eigenvalue weighted by Crippen LogP contribution is -2.37. The third-order valence-corrected chi connectivity index (χ3v) is 4.58. The monoisotopic (exact) mass is 510 g/mol. The second-order valence-corrected chi connectivity index (χ2v) is 6.31. The summed E-state index contributed by atoms with van der Waals surface area (Å²) in [5.41, 5.74) is 3.33. The molecule has 8 heteroatoms. The first-order chi connectivity index (χ1) is 13.7. The molecule has 0 saturated carbocycles. The van der Waals surface area contributed by atoms with Gasteiger partial charge in [-0.1, -0.05) is 18.2 Å². The third-order valence-electron chi connectivity index (χ3n) is 4.58. The Hall–Kier alpha value is -2.62. The number of rotatable bonds is 7. The number of aromatic hydroxyl groups is 1. The summed E-state index contributed by atoms with van der Waals surface area (Å²) >= 11 is 0. The molecule has 0 radical (unpaired) electrons. The maximum absolute atomic E-state index is 10.0. The van der Waals surface area contributed by atoms with Crippen LogP contribution in [0.2, 0.25) is 0 Å². The van der Waals surface area contributed by atoms with E-state index in [4.69, 9.17) is 9.47 Å². The normalized spacial score (nSPS) is 11.1. The van der Waals surface area contributed by atoms with E-state index in [1.165, 1.54) is 25.2 Å². The highest BCUT2D eigenvalue weighted by Gasteiger charge is 2.11. The molecule has 0 aliphatic rings. The predicted octanol–water partition coefficient (Wildman–Crippen LogP) is 3.42. The Balaban J connectivity index is 0.00000300. The molecular weight excluding hydrogens is 483 g/mol. The maximum atomic E-state index is 10.0. The fourth-order valence-corrected chi connectivity index (χ4v) is 3.11. The number of H-pyrrole nitrogens is 1. The summed E-state index contributed by atoms with van der Waals surface area (Å²) in [7, 11) is 4.76. The Labute approximate surface area is 187 Å². The van der Waals surface area contributed by atoms with E-state index in [1.807, 2.05) is 12.1 Å². The Kier molecular flexibility index (Phi) is 8.44. The van der Waals surface area contributed by atoms with E-state index in [0.717, 1.165) is 24.0 Å². The van der Waals surface area contributed by atoms with Gasteiger partial charge in [-0.15, -0.1) is 24.0 Å². The van der Waals surface area contributed by atoms with Crippen molar-refractivity contribution in [2.45, 2.75) is 13.0 Å². The van der Waals surface area contributed by atoms with Crippen molar-refractivity contribution in [1.82, 2.24) is 15.6 Å². The van der Waals surface area contributed by atoms with E-state index in [1.54, 1.807) is 19.2 Å². The topological polar surface area (TPSA) is 90.9 Å². The van der Waals surface area contributed by atoms with Crippen LogP contribution in [-0.4, -0.2) is 43.9 Å². The minimum absolute atomic E-state index is 0. The second-order valence-electron chi connectivity index (χ2n) is 6.31. The van der Waals surface area contributed by atoms with Crippen LogP contribution >= 0.6 is 24.0 Å². The van der Waals surface area contributed by atoms with Crippen molar-refractivity contribution in [1.29, 1.82) is 0 Å². The van der Waals surface area contributed by atoms with Gasteiger partial charge in [0.25, 0.3) is 0 Å². The van der Waals surface area contributed by atoms with E-state index in [9.17, 15) is 5.11 Å². The fraction of sp³-hybridized carbons (Fsp3) is 0.286. The lowest BCUT2D eigenvalue weighted by atomic mass is 10.1. The second kappa shape index (κ2) is 10.8. The number of aromatic amines is 1. The number of nitrogens with zero attached hydrogens (tertiary/aromatic N) is 1. The molecule has 0 aliphatic heterocycles. The number of fused-ring (bicyclic) bond motifs is 1. The van der Waals surface area contributed by atoms with Crippen LogP contribution in [0.15, 0.2) is 47.6 Å². The molecule has 156 valence electrons. The van der Waals surface area contributed by atoms with Crippen LogP contribution in [0.4, 0.5) is 0 Å². The van der Waals surface area contributed by atoms with E-state index < -0.39 is 0 Å². The SMILES string of the molecule is CN=C(NCCc1c[nH]c2ccccc12)NCc1cc(OC)c(O)c(OC)c1.I. The van der Waals surface area contributed by atoms with Gasteiger partial charge in [-0.3, -0.25) is 4.99 Å². The molecule has 0 unspecified atom stereocenters. The summed E-state index contributed by atoms with van der Waals surface area (Å²) in [4.78, 5) is 7.56. The molecule has 7 nitrogen and oxygen atoms in total. The van der Waals surface area contributed by atoms with Crippen molar-refractivity contribution >= 4 is 40.8 Å². The molecule has 0 saturated heterocycles. The van der Waals surface area contributed by atoms with E-state index in [-0.39, 0.29) is 29.7 Å². The van der Waals surface area contributed by atoms with Gasteiger partial charge in [-0.2, -0.15) is 0 Å². The average Bonchev–Trinajstić information content (AvgIpc) is 3.14. The summed E-state index contributed by atoms with van der Waals surface area (Å²) < 4.78 is 10.4. The zero-order chi connectivity index (χ0) is 19.9. The number of methoxy groups -OCH3 is 2. The number of halogens is 1. The van der Waals surface area contributed by atoms with Gasteiger partial charge in [0.05, 0.1) is 14.2 Å². The van der Waals surface area contributed by atoms with E-state index in [2.05, 4.69) is 38.9 Å². The molecular formula is C21H27IN4O3. The van der Waals surface area contributed by atoms with Gasteiger partial charge in [0, 0.05) is 37.2 Å². The largest absolute Gasteiger partial charge is 0.502 e.